The highest BCUT2D eigenvalue weighted by atomic mass is 32.2. The monoisotopic (exact) mass is 448 g/mol. The molecule has 1 heterocycles. The summed E-state index contributed by atoms with van der Waals surface area (Å²) in [5, 5.41) is 4.87. The molecule has 0 aliphatic carbocycles. The first kappa shape index (κ1) is 21.6. The summed E-state index contributed by atoms with van der Waals surface area (Å²) in [6, 6.07) is 23.0. The number of benzene rings is 3. The molecule has 1 aromatic heterocycles. The first-order valence-corrected chi connectivity index (χ1v) is 10.9. The summed E-state index contributed by atoms with van der Waals surface area (Å²) < 4.78 is 24.9. The van der Waals surface area contributed by atoms with E-state index in [2.05, 4.69) is 10.1 Å². The smallest absolute Gasteiger partial charge is 0.248 e. The molecule has 162 valence electrons. The maximum absolute atomic E-state index is 13.9. The van der Waals surface area contributed by atoms with E-state index in [1.807, 2.05) is 48.5 Å². The van der Waals surface area contributed by atoms with Crippen molar-refractivity contribution in [3.8, 4) is 16.9 Å². The van der Waals surface area contributed by atoms with Crippen molar-refractivity contribution in [1.29, 1.82) is 0 Å². The number of aromatic nitrogens is 1. The fourth-order valence-electron chi connectivity index (χ4n) is 3.12. The molecule has 4 rings (SSSR count). The molecule has 0 atom stereocenters. The average molecular weight is 449 g/mol. The number of aromatic amines is 1. The number of nitrogens with zero attached hydrogens (tertiary/aromatic N) is 1. The summed E-state index contributed by atoms with van der Waals surface area (Å²) >= 11 is 1.14. The quantitative estimate of drug-likeness (QED) is 0.143. The van der Waals surface area contributed by atoms with Gasteiger partial charge in [-0.1, -0.05) is 35.5 Å². The van der Waals surface area contributed by atoms with Crippen LogP contribution >= 0.6 is 12.0 Å². The van der Waals surface area contributed by atoms with E-state index in [0.717, 1.165) is 45.6 Å². The molecule has 0 bridgehead atoms. The van der Waals surface area contributed by atoms with Crippen molar-refractivity contribution in [1.82, 2.24) is 4.98 Å². The molecule has 0 unspecified atom stereocenters. The second-order valence-corrected chi connectivity index (χ2v) is 7.80. The van der Waals surface area contributed by atoms with Gasteiger partial charge in [0.25, 0.3) is 0 Å². The fraction of sp³-hybridized carbons (Fsp3) is 0.120. The lowest BCUT2D eigenvalue weighted by Crippen LogP contribution is -2.02. The molecule has 5 nitrogen and oxygen atoms in total. The van der Waals surface area contributed by atoms with E-state index in [1.165, 1.54) is 12.1 Å². The Bertz CT molecular complexity index is 1270. The van der Waals surface area contributed by atoms with E-state index in [-0.39, 0.29) is 11.4 Å². The molecular weight excluding hydrogens is 427 g/mol. The SMILES string of the molecule is O=c1ccc2cc(OCCCC=NOSc3ccc(-c4ccccc4F)cc3)ccc2[nH]1. The van der Waals surface area contributed by atoms with Crippen LogP contribution in [0.4, 0.5) is 4.39 Å². The third-order valence-corrected chi connectivity index (χ3v) is 5.36. The first-order valence-electron chi connectivity index (χ1n) is 10.2. The summed E-state index contributed by atoms with van der Waals surface area (Å²) in [7, 11) is 0. The highest BCUT2D eigenvalue weighted by Gasteiger charge is 2.04. The third kappa shape index (κ3) is 5.76. The molecule has 0 saturated carbocycles. The second kappa shape index (κ2) is 10.6. The van der Waals surface area contributed by atoms with Crippen molar-refractivity contribution in [2.24, 2.45) is 5.16 Å². The number of pyridine rings is 1. The Balaban J connectivity index is 1.16. The van der Waals surface area contributed by atoms with E-state index < -0.39 is 0 Å². The van der Waals surface area contributed by atoms with Gasteiger partial charge in [0.1, 0.15) is 23.6 Å². The summed E-state index contributed by atoms with van der Waals surface area (Å²) in [4.78, 5) is 15.0. The highest BCUT2D eigenvalue weighted by molar-refractivity contribution is 7.94. The Hall–Kier alpha value is -3.58. The molecule has 0 amide bonds. The lowest BCUT2D eigenvalue weighted by Gasteiger charge is -2.06. The molecule has 1 N–H and O–H groups in total. The predicted molar refractivity (Wildman–Crippen MR) is 127 cm³/mol. The van der Waals surface area contributed by atoms with Crippen LogP contribution in [0.1, 0.15) is 12.8 Å². The van der Waals surface area contributed by atoms with Crippen molar-refractivity contribution in [2.45, 2.75) is 17.7 Å². The van der Waals surface area contributed by atoms with Gasteiger partial charge in [-0.25, -0.2) is 4.39 Å². The zero-order chi connectivity index (χ0) is 22.2. The molecule has 3 aromatic carbocycles. The number of fused-ring (bicyclic) bond motifs is 1. The molecule has 4 aromatic rings. The van der Waals surface area contributed by atoms with E-state index in [0.29, 0.717) is 18.6 Å². The fourth-order valence-corrected chi connectivity index (χ4v) is 3.56. The summed E-state index contributed by atoms with van der Waals surface area (Å²) in [5.74, 6) is 0.516. The van der Waals surface area contributed by atoms with Crippen molar-refractivity contribution >= 4 is 29.2 Å². The Labute approximate surface area is 189 Å². The first-order chi connectivity index (χ1) is 15.7. The van der Waals surface area contributed by atoms with Gasteiger partial charge in [-0.15, -0.1) is 0 Å². The van der Waals surface area contributed by atoms with Crippen LogP contribution in [0, 0.1) is 5.82 Å². The van der Waals surface area contributed by atoms with Gasteiger partial charge >= 0.3 is 0 Å². The average Bonchev–Trinajstić information content (AvgIpc) is 2.81. The standard InChI is InChI=1S/C25H21FN2O3S/c26-23-6-2-1-5-22(23)18-7-11-21(12-8-18)32-31-27-15-3-4-16-30-20-10-13-24-19(17-20)9-14-25(29)28-24/h1-2,5-15,17H,3-4,16H2,(H,28,29). The maximum Gasteiger partial charge on any atom is 0.248 e. The number of unbranched alkanes of at least 4 members (excludes halogenated alkanes) is 1. The van der Waals surface area contributed by atoms with Crippen molar-refractivity contribution in [3.63, 3.8) is 0 Å². The normalized spacial score (nSPS) is 11.2. The van der Waals surface area contributed by atoms with Gasteiger partial charge in [-0.3, -0.25) is 4.79 Å². The van der Waals surface area contributed by atoms with E-state index in [9.17, 15) is 9.18 Å². The topological polar surface area (TPSA) is 63.7 Å². The molecule has 32 heavy (non-hydrogen) atoms. The minimum Gasteiger partial charge on any atom is -0.494 e. The van der Waals surface area contributed by atoms with Gasteiger partial charge in [-0.2, -0.15) is 0 Å². The van der Waals surface area contributed by atoms with Crippen LogP contribution < -0.4 is 10.3 Å². The lowest BCUT2D eigenvalue weighted by atomic mass is 10.1. The molecule has 0 spiro atoms. The maximum atomic E-state index is 13.9. The highest BCUT2D eigenvalue weighted by Crippen LogP contribution is 2.26. The molecule has 0 aliphatic heterocycles. The van der Waals surface area contributed by atoms with Gasteiger partial charge in [0.2, 0.25) is 5.56 Å². The number of hydrogen-bond acceptors (Lipinski definition) is 5. The summed E-state index contributed by atoms with van der Waals surface area (Å²) in [6.45, 7) is 0.547. The van der Waals surface area contributed by atoms with E-state index >= 15 is 0 Å². The van der Waals surface area contributed by atoms with Crippen LogP contribution in [-0.4, -0.2) is 17.8 Å². The van der Waals surface area contributed by atoms with Crippen LogP contribution in [0.15, 0.2) is 93.7 Å². The number of oxime groups is 1. The Morgan fingerprint density at radius 1 is 1.00 bits per heavy atom. The molecule has 0 radical (unpaired) electrons. The van der Waals surface area contributed by atoms with Gasteiger partial charge in [0.05, 0.1) is 11.5 Å². The van der Waals surface area contributed by atoms with Gasteiger partial charge in [-0.05, 0) is 60.9 Å². The van der Waals surface area contributed by atoms with Crippen molar-refractivity contribution in [2.75, 3.05) is 6.61 Å². The van der Waals surface area contributed by atoms with E-state index in [4.69, 9.17) is 9.02 Å². The van der Waals surface area contributed by atoms with Crippen LogP contribution in [-0.2, 0) is 4.28 Å². The number of nitrogens with one attached hydrogen (secondary N) is 1. The predicted octanol–water partition coefficient (Wildman–Crippen LogP) is 6.20. The molecule has 0 saturated heterocycles. The molecule has 0 aliphatic rings. The Morgan fingerprint density at radius 2 is 1.84 bits per heavy atom. The van der Waals surface area contributed by atoms with Gasteiger partial charge < -0.3 is 14.0 Å². The Morgan fingerprint density at radius 3 is 2.69 bits per heavy atom. The van der Waals surface area contributed by atoms with Crippen LogP contribution in [0.3, 0.4) is 0 Å². The summed E-state index contributed by atoms with van der Waals surface area (Å²) in [6.07, 6.45) is 3.21. The zero-order valence-corrected chi connectivity index (χ0v) is 18.0. The largest absolute Gasteiger partial charge is 0.494 e. The number of halogens is 1. The van der Waals surface area contributed by atoms with Crippen LogP contribution in [0.25, 0.3) is 22.0 Å². The molecular formula is C25H21FN2O3S. The zero-order valence-electron chi connectivity index (χ0n) is 17.2. The number of ether oxygens (including phenoxy) is 1. The van der Waals surface area contributed by atoms with Gasteiger partial charge in [0.15, 0.2) is 0 Å². The Kier molecular flexibility index (Phi) is 7.19. The second-order valence-electron chi connectivity index (χ2n) is 7.01. The van der Waals surface area contributed by atoms with Crippen molar-refractivity contribution in [3.05, 3.63) is 95.0 Å². The van der Waals surface area contributed by atoms with Gasteiger partial charge in [0, 0.05) is 28.7 Å². The number of H-pyrrole nitrogens is 1. The summed E-state index contributed by atoms with van der Waals surface area (Å²) in [5.41, 5.74) is 2.05. The minimum atomic E-state index is -0.241. The lowest BCUT2D eigenvalue weighted by molar-refractivity contribution is 0.313. The minimum absolute atomic E-state index is 0.120. The van der Waals surface area contributed by atoms with E-state index in [1.54, 1.807) is 24.4 Å². The van der Waals surface area contributed by atoms with Crippen LogP contribution in [0.2, 0.25) is 0 Å². The van der Waals surface area contributed by atoms with Crippen molar-refractivity contribution < 1.29 is 13.4 Å². The number of hydrogen-bond donors (Lipinski definition) is 1. The third-order valence-electron chi connectivity index (χ3n) is 4.73. The molecule has 0 fully saturated rings. The van der Waals surface area contributed by atoms with Crippen LogP contribution in [0.5, 0.6) is 5.75 Å². The molecule has 7 heteroatoms. The number of rotatable bonds is 9.